The summed E-state index contributed by atoms with van der Waals surface area (Å²) < 4.78 is 10.7. The van der Waals surface area contributed by atoms with E-state index in [1.807, 2.05) is 0 Å². The molecule has 0 N–H and O–H groups in total. The number of hydrogen-bond donors (Lipinski definition) is 0. The van der Waals surface area contributed by atoms with Gasteiger partial charge in [-0.1, -0.05) is 23.5 Å². The summed E-state index contributed by atoms with van der Waals surface area (Å²) >= 11 is 2.50. The quantitative estimate of drug-likeness (QED) is 0.199. The van der Waals surface area contributed by atoms with Crippen LogP contribution in [-0.4, -0.2) is 39.6 Å². The summed E-state index contributed by atoms with van der Waals surface area (Å²) in [7, 11) is 0. The Labute approximate surface area is 174 Å². The summed E-state index contributed by atoms with van der Waals surface area (Å²) in [6.07, 6.45) is 1.58. The molecular formula is C18H16N2O7S2. The molecule has 1 aromatic rings. The van der Waals surface area contributed by atoms with Gasteiger partial charge in [-0.05, 0) is 30.0 Å². The smallest absolute Gasteiger partial charge is 0.357 e. The summed E-state index contributed by atoms with van der Waals surface area (Å²) in [6.45, 7) is 1.87. The van der Waals surface area contributed by atoms with Crippen LogP contribution in [0, 0.1) is 10.1 Å². The summed E-state index contributed by atoms with van der Waals surface area (Å²) in [5, 5.41) is 12.0. The molecule has 0 aromatic heterocycles. The Morgan fingerprint density at radius 3 is 2.69 bits per heavy atom. The fourth-order valence-corrected chi connectivity index (χ4v) is 4.98. The lowest BCUT2D eigenvalue weighted by Crippen LogP contribution is -2.48. The molecule has 9 nitrogen and oxygen atoms in total. The van der Waals surface area contributed by atoms with Crippen molar-refractivity contribution in [1.29, 1.82) is 0 Å². The van der Waals surface area contributed by atoms with Crippen molar-refractivity contribution in [3.05, 3.63) is 61.4 Å². The van der Waals surface area contributed by atoms with Crippen molar-refractivity contribution in [2.24, 2.45) is 0 Å². The lowest BCUT2D eigenvalue weighted by molar-refractivity contribution is -0.384. The zero-order valence-electron chi connectivity index (χ0n) is 15.2. The Morgan fingerprint density at radius 1 is 1.34 bits per heavy atom. The zero-order chi connectivity index (χ0) is 21.0. The minimum absolute atomic E-state index is 0.0592. The molecule has 1 fully saturated rings. The highest BCUT2D eigenvalue weighted by atomic mass is 32.2. The van der Waals surface area contributed by atoms with E-state index in [1.165, 1.54) is 52.4 Å². The van der Waals surface area contributed by atoms with E-state index in [9.17, 15) is 24.5 Å². The minimum atomic E-state index is -0.668. The molecule has 3 rings (SSSR count). The normalized spacial score (nSPS) is 17.9. The van der Waals surface area contributed by atoms with E-state index in [0.29, 0.717) is 16.2 Å². The SMILES string of the molecule is CCOC(=O)/C=C\SC1=C(C(=O)OCc2ccc([N+](=O)[O-])cc2)N2C(=O)C[C@H]2S1. The van der Waals surface area contributed by atoms with Gasteiger partial charge in [-0.15, -0.1) is 0 Å². The van der Waals surface area contributed by atoms with Gasteiger partial charge in [0.2, 0.25) is 5.91 Å². The number of β-lactam (4-membered cyclic amide) rings is 1. The molecule has 0 bridgehead atoms. The van der Waals surface area contributed by atoms with Crippen LogP contribution >= 0.6 is 23.5 Å². The predicted octanol–water partition coefficient (Wildman–Crippen LogP) is 2.92. The van der Waals surface area contributed by atoms with Gasteiger partial charge in [0.25, 0.3) is 5.69 Å². The lowest BCUT2D eigenvalue weighted by Gasteiger charge is -2.34. The van der Waals surface area contributed by atoms with Gasteiger partial charge in [-0.3, -0.25) is 19.8 Å². The molecule has 1 aromatic carbocycles. The maximum atomic E-state index is 12.6. The molecule has 2 aliphatic rings. The number of non-ortho nitro benzene ring substituents is 1. The average Bonchev–Trinajstić information content (AvgIpc) is 2.98. The first-order valence-corrected chi connectivity index (χ1v) is 10.3. The first-order chi connectivity index (χ1) is 13.9. The summed E-state index contributed by atoms with van der Waals surface area (Å²) in [6, 6.07) is 5.64. The van der Waals surface area contributed by atoms with E-state index in [1.54, 1.807) is 6.92 Å². The van der Waals surface area contributed by atoms with Crippen molar-refractivity contribution in [3.63, 3.8) is 0 Å². The largest absolute Gasteiger partial charge is 0.463 e. The van der Waals surface area contributed by atoms with Crippen LogP contribution in [-0.2, 0) is 30.5 Å². The maximum Gasteiger partial charge on any atom is 0.357 e. The van der Waals surface area contributed by atoms with E-state index in [0.717, 1.165) is 11.8 Å². The van der Waals surface area contributed by atoms with Crippen molar-refractivity contribution in [1.82, 2.24) is 4.90 Å². The second-order valence-electron chi connectivity index (χ2n) is 5.85. The third kappa shape index (κ3) is 4.80. The van der Waals surface area contributed by atoms with Gasteiger partial charge >= 0.3 is 11.9 Å². The number of rotatable bonds is 8. The molecule has 29 heavy (non-hydrogen) atoms. The van der Waals surface area contributed by atoms with Gasteiger partial charge in [0.05, 0.1) is 27.6 Å². The fraction of sp³-hybridized carbons (Fsp3) is 0.278. The van der Waals surface area contributed by atoms with Gasteiger partial charge in [-0.25, -0.2) is 9.59 Å². The second-order valence-corrected chi connectivity index (χ2v) is 8.21. The Kier molecular flexibility index (Phi) is 6.60. The van der Waals surface area contributed by atoms with Crippen LogP contribution in [0.4, 0.5) is 5.69 Å². The number of carbonyl (C=O) groups is 3. The highest BCUT2D eigenvalue weighted by molar-refractivity contribution is 8.24. The first-order valence-electron chi connectivity index (χ1n) is 8.54. The Bertz CT molecular complexity index is 911. The van der Waals surface area contributed by atoms with Crippen LogP contribution < -0.4 is 0 Å². The third-order valence-electron chi connectivity index (χ3n) is 3.96. The molecule has 1 saturated heterocycles. The average molecular weight is 436 g/mol. The highest BCUT2D eigenvalue weighted by Crippen LogP contribution is 2.51. The fourth-order valence-electron chi connectivity index (χ4n) is 2.57. The number of thioether (sulfide) groups is 2. The van der Waals surface area contributed by atoms with E-state index in [2.05, 4.69) is 0 Å². The van der Waals surface area contributed by atoms with Crippen molar-refractivity contribution < 1.29 is 28.8 Å². The van der Waals surface area contributed by atoms with Crippen molar-refractivity contribution >= 4 is 47.1 Å². The summed E-state index contributed by atoms with van der Waals surface area (Å²) in [5.41, 5.74) is 0.672. The molecule has 0 unspecified atom stereocenters. The zero-order valence-corrected chi connectivity index (χ0v) is 16.9. The van der Waals surface area contributed by atoms with Crippen LogP contribution in [0.1, 0.15) is 18.9 Å². The number of benzene rings is 1. The number of esters is 2. The number of fused-ring (bicyclic) bond motifs is 1. The van der Waals surface area contributed by atoms with E-state index in [4.69, 9.17) is 9.47 Å². The number of ether oxygens (including phenoxy) is 2. The van der Waals surface area contributed by atoms with Crippen LogP contribution in [0.25, 0.3) is 0 Å². The number of carbonyl (C=O) groups excluding carboxylic acids is 3. The number of hydrogen-bond acceptors (Lipinski definition) is 9. The Morgan fingerprint density at radius 2 is 2.07 bits per heavy atom. The summed E-state index contributed by atoms with van der Waals surface area (Å²) in [5.74, 6) is -1.33. The number of nitro groups is 1. The highest BCUT2D eigenvalue weighted by Gasteiger charge is 2.49. The van der Waals surface area contributed by atoms with E-state index < -0.39 is 16.9 Å². The molecule has 0 radical (unpaired) electrons. The number of nitrogens with zero attached hydrogens (tertiary/aromatic N) is 2. The topological polar surface area (TPSA) is 116 Å². The van der Waals surface area contributed by atoms with Crippen molar-refractivity contribution in [3.8, 4) is 0 Å². The maximum absolute atomic E-state index is 12.6. The molecule has 2 aliphatic heterocycles. The lowest BCUT2D eigenvalue weighted by atomic mass is 10.2. The van der Waals surface area contributed by atoms with Gasteiger partial charge in [-0.2, -0.15) is 0 Å². The van der Waals surface area contributed by atoms with Crippen molar-refractivity contribution in [2.75, 3.05) is 6.61 Å². The molecule has 1 amide bonds. The molecule has 0 aliphatic carbocycles. The van der Waals surface area contributed by atoms with E-state index in [-0.39, 0.29) is 35.9 Å². The molecule has 0 spiro atoms. The van der Waals surface area contributed by atoms with Gasteiger partial charge in [0.15, 0.2) is 5.70 Å². The van der Waals surface area contributed by atoms with Gasteiger partial charge in [0.1, 0.15) is 6.61 Å². The van der Waals surface area contributed by atoms with Crippen LogP contribution in [0.15, 0.2) is 45.7 Å². The predicted molar refractivity (Wildman–Crippen MR) is 106 cm³/mol. The molecule has 152 valence electrons. The van der Waals surface area contributed by atoms with Crippen molar-refractivity contribution in [2.45, 2.75) is 25.3 Å². The molecule has 2 heterocycles. The summed E-state index contributed by atoms with van der Waals surface area (Å²) in [4.78, 5) is 47.5. The first kappa shape index (κ1) is 20.9. The molecule has 0 saturated carbocycles. The number of nitro benzene ring substituents is 1. The minimum Gasteiger partial charge on any atom is -0.463 e. The van der Waals surface area contributed by atoms with Crippen LogP contribution in [0.2, 0.25) is 0 Å². The standard InChI is InChI=1S/C18H16N2O7S2/c1-2-26-15(22)7-8-28-18-16(19-13(21)9-14(19)29-18)17(23)27-10-11-3-5-12(6-4-11)20(24)25/h3-8,14H,2,9-10H2,1H3/b8-7-/t14-/m1/s1. The van der Waals surface area contributed by atoms with E-state index >= 15 is 0 Å². The molecule has 11 heteroatoms. The number of amides is 1. The molecular weight excluding hydrogens is 420 g/mol. The van der Waals surface area contributed by atoms with Gasteiger partial charge < -0.3 is 9.47 Å². The van der Waals surface area contributed by atoms with Crippen LogP contribution in [0.5, 0.6) is 0 Å². The Hall–Kier alpha value is -2.79. The van der Waals surface area contributed by atoms with Crippen LogP contribution in [0.3, 0.4) is 0 Å². The monoisotopic (exact) mass is 436 g/mol. The Balaban J connectivity index is 1.68. The third-order valence-corrected chi connectivity index (χ3v) is 6.27. The second kappa shape index (κ2) is 9.14. The molecule has 1 atom stereocenters. The van der Waals surface area contributed by atoms with Gasteiger partial charge in [0, 0.05) is 18.2 Å².